The molecule has 5 rings (SSSR count). The van der Waals surface area contributed by atoms with Crippen molar-refractivity contribution in [2.75, 3.05) is 13.1 Å². The highest BCUT2D eigenvalue weighted by Gasteiger charge is 2.41. The number of primary sulfonamides is 1. The Morgan fingerprint density at radius 3 is 2.08 bits per heavy atom. The minimum Gasteiger partial charge on any atom is -0.328 e. The van der Waals surface area contributed by atoms with E-state index in [0.717, 1.165) is 50.4 Å². The van der Waals surface area contributed by atoms with E-state index in [4.69, 9.17) is 10.9 Å². The summed E-state index contributed by atoms with van der Waals surface area (Å²) >= 11 is 0. The molecule has 0 atom stereocenters. The summed E-state index contributed by atoms with van der Waals surface area (Å²) in [7, 11) is -4.72. The number of sulfonamides is 1. The SMILES string of the molecule is NC1CC(N2CCC(c3ccc(-c4ccc(C(F)(F)F)c(S(N)(=O)=O)c4C4NNNN4)cc3)CC2)C1. The lowest BCUT2D eigenvalue weighted by Gasteiger charge is -2.44. The molecule has 3 fully saturated rings. The van der Waals surface area contributed by atoms with Crippen molar-refractivity contribution in [3.05, 3.63) is 53.1 Å². The number of halogens is 3. The minimum atomic E-state index is -4.90. The highest BCUT2D eigenvalue weighted by molar-refractivity contribution is 7.89. The standard InChI is InChI=1S/C23H30F3N7O2S/c24-23(25,26)19-6-5-18(20(21(19)36(28,34)35)22-29-31-32-30-22)15-3-1-13(2-4-15)14-7-9-33(10-8-14)17-11-16(27)12-17/h1-6,14,16-17,22,29-32H,7-12,27H2,(H2,28,34,35). The second-order valence-electron chi connectivity index (χ2n) is 9.74. The van der Waals surface area contributed by atoms with Crippen molar-refractivity contribution in [3.63, 3.8) is 0 Å². The van der Waals surface area contributed by atoms with Crippen molar-refractivity contribution in [1.29, 1.82) is 0 Å². The maximum Gasteiger partial charge on any atom is 0.417 e. The molecule has 0 spiro atoms. The largest absolute Gasteiger partial charge is 0.417 e. The fourth-order valence-corrected chi connectivity index (χ4v) is 6.55. The number of nitrogens with two attached hydrogens (primary N) is 2. The first-order valence-electron chi connectivity index (χ1n) is 11.9. The molecule has 1 aliphatic carbocycles. The second-order valence-corrected chi connectivity index (χ2v) is 11.2. The zero-order valence-electron chi connectivity index (χ0n) is 19.5. The van der Waals surface area contributed by atoms with Crippen LogP contribution < -0.4 is 32.8 Å². The fraction of sp³-hybridized carbons (Fsp3) is 0.478. The van der Waals surface area contributed by atoms with Crippen LogP contribution in [0.1, 0.15) is 54.5 Å². The van der Waals surface area contributed by atoms with E-state index in [1.165, 1.54) is 6.07 Å². The van der Waals surface area contributed by atoms with Crippen LogP contribution >= 0.6 is 0 Å². The van der Waals surface area contributed by atoms with Gasteiger partial charge in [-0.2, -0.15) is 24.2 Å². The third kappa shape index (κ3) is 5.02. The van der Waals surface area contributed by atoms with E-state index in [1.807, 2.05) is 24.3 Å². The molecule has 2 aromatic carbocycles. The molecule has 0 radical (unpaired) electrons. The number of hydrogen-bond donors (Lipinski definition) is 6. The molecule has 3 aliphatic rings. The van der Waals surface area contributed by atoms with E-state index < -0.39 is 32.8 Å². The van der Waals surface area contributed by atoms with E-state index in [1.54, 1.807) is 0 Å². The van der Waals surface area contributed by atoms with Crippen molar-refractivity contribution in [2.45, 2.75) is 60.9 Å². The molecule has 2 saturated heterocycles. The van der Waals surface area contributed by atoms with Crippen LogP contribution in [0.3, 0.4) is 0 Å². The Bertz CT molecular complexity index is 1200. The van der Waals surface area contributed by atoms with E-state index >= 15 is 0 Å². The average molecular weight is 526 g/mol. The first-order chi connectivity index (χ1) is 17.0. The average Bonchev–Trinajstić information content (AvgIpc) is 3.35. The number of hydrogen-bond acceptors (Lipinski definition) is 8. The van der Waals surface area contributed by atoms with Gasteiger partial charge in [0.2, 0.25) is 10.0 Å². The Morgan fingerprint density at radius 2 is 1.56 bits per heavy atom. The molecule has 13 heteroatoms. The number of rotatable bonds is 5. The summed E-state index contributed by atoms with van der Waals surface area (Å²) in [6.07, 6.45) is -1.72. The zero-order chi connectivity index (χ0) is 25.7. The van der Waals surface area contributed by atoms with Gasteiger partial charge in [0, 0.05) is 17.6 Å². The van der Waals surface area contributed by atoms with Gasteiger partial charge in [-0.3, -0.25) is 0 Å². The number of piperidine rings is 1. The van der Waals surface area contributed by atoms with Crippen molar-refractivity contribution < 1.29 is 21.6 Å². The molecule has 2 aromatic rings. The fourth-order valence-electron chi connectivity index (χ4n) is 5.53. The smallest absolute Gasteiger partial charge is 0.328 e. The summed E-state index contributed by atoms with van der Waals surface area (Å²) in [5.74, 6) is 0.391. The molecule has 0 amide bonds. The molecule has 0 unspecified atom stereocenters. The molecule has 2 heterocycles. The topological polar surface area (TPSA) is 138 Å². The monoisotopic (exact) mass is 525 g/mol. The third-order valence-electron chi connectivity index (χ3n) is 7.46. The van der Waals surface area contributed by atoms with Gasteiger partial charge >= 0.3 is 6.18 Å². The van der Waals surface area contributed by atoms with Crippen LogP contribution in [0.2, 0.25) is 0 Å². The summed E-state index contributed by atoms with van der Waals surface area (Å²) in [6.45, 7) is 2.03. The summed E-state index contributed by atoms with van der Waals surface area (Å²) in [4.78, 5) is 1.55. The highest BCUT2D eigenvalue weighted by Crippen LogP contribution is 2.42. The molecule has 9 nitrogen and oxygen atoms in total. The van der Waals surface area contributed by atoms with Crippen LogP contribution in [0.25, 0.3) is 11.1 Å². The molecular formula is C23H30F3N7O2S. The molecule has 36 heavy (non-hydrogen) atoms. The number of benzene rings is 2. The lowest BCUT2D eigenvalue weighted by Crippen LogP contribution is -2.52. The Morgan fingerprint density at radius 1 is 0.944 bits per heavy atom. The van der Waals surface area contributed by atoms with Crippen LogP contribution in [-0.4, -0.2) is 38.5 Å². The normalized spacial score (nSPS) is 24.7. The zero-order valence-corrected chi connectivity index (χ0v) is 20.3. The van der Waals surface area contributed by atoms with Crippen molar-refractivity contribution in [1.82, 2.24) is 26.8 Å². The van der Waals surface area contributed by atoms with Gasteiger partial charge in [-0.15, -0.1) is 0 Å². The predicted octanol–water partition coefficient (Wildman–Crippen LogP) is 1.80. The lowest BCUT2D eigenvalue weighted by molar-refractivity contribution is -0.140. The van der Waals surface area contributed by atoms with Crippen LogP contribution in [0.15, 0.2) is 41.3 Å². The van der Waals surface area contributed by atoms with Crippen LogP contribution in [0.4, 0.5) is 13.2 Å². The van der Waals surface area contributed by atoms with Crippen molar-refractivity contribution in [2.24, 2.45) is 10.9 Å². The highest BCUT2D eigenvalue weighted by atomic mass is 32.2. The van der Waals surface area contributed by atoms with Crippen LogP contribution in [0, 0.1) is 0 Å². The number of likely N-dealkylation sites (tertiary alicyclic amines) is 1. The van der Waals surface area contributed by atoms with Gasteiger partial charge in [0.05, 0.1) is 5.56 Å². The number of nitrogens with one attached hydrogen (secondary N) is 4. The van der Waals surface area contributed by atoms with Gasteiger partial charge in [0.1, 0.15) is 11.1 Å². The summed E-state index contributed by atoms with van der Waals surface area (Å²) < 4.78 is 66.1. The maximum absolute atomic E-state index is 13.8. The van der Waals surface area contributed by atoms with Gasteiger partial charge in [-0.25, -0.2) is 24.4 Å². The van der Waals surface area contributed by atoms with Gasteiger partial charge in [0.25, 0.3) is 0 Å². The molecular weight excluding hydrogens is 495 g/mol. The molecule has 1 saturated carbocycles. The van der Waals surface area contributed by atoms with Crippen molar-refractivity contribution >= 4 is 10.0 Å². The van der Waals surface area contributed by atoms with Gasteiger partial charge in [0.15, 0.2) is 0 Å². The molecule has 0 aromatic heterocycles. The number of hydrazine groups is 3. The molecule has 0 bridgehead atoms. The third-order valence-corrected chi connectivity index (χ3v) is 8.47. The summed E-state index contributed by atoms with van der Waals surface area (Å²) in [5.41, 5.74) is 17.0. The van der Waals surface area contributed by atoms with Gasteiger partial charge in [-0.1, -0.05) is 30.3 Å². The first-order valence-corrected chi connectivity index (χ1v) is 13.4. The molecule has 8 N–H and O–H groups in total. The summed E-state index contributed by atoms with van der Waals surface area (Å²) in [5, 5.41) is 5.31. The van der Waals surface area contributed by atoms with E-state index in [2.05, 4.69) is 26.8 Å². The van der Waals surface area contributed by atoms with Crippen molar-refractivity contribution in [3.8, 4) is 11.1 Å². The van der Waals surface area contributed by atoms with Gasteiger partial charge < -0.3 is 10.6 Å². The van der Waals surface area contributed by atoms with E-state index in [0.29, 0.717) is 29.1 Å². The Hall–Kier alpha value is -2.10. The number of alkyl halides is 3. The maximum atomic E-state index is 13.8. The molecule has 196 valence electrons. The molecule has 2 aliphatic heterocycles. The lowest BCUT2D eigenvalue weighted by atomic mass is 9.82. The quantitative estimate of drug-likeness (QED) is 0.348. The van der Waals surface area contributed by atoms with Crippen LogP contribution in [-0.2, 0) is 16.2 Å². The second kappa shape index (κ2) is 9.65. The van der Waals surface area contributed by atoms with E-state index in [-0.39, 0.29) is 5.56 Å². The minimum absolute atomic E-state index is 0.121. The Balaban J connectivity index is 1.45. The first kappa shape index (κ1) is 25.5. The Labute approximate surface area is 207 Å². The predicted molar refractivity (Wildman–Crippen MR) is 128 cm³/mol. The van der Waals surface area contributed by atoms with E-state index in [9.17, 15) is 21.6 Å². The van der Waals surface area contributed by atoms with Crippen LogP contribution in [0.5, 0.6) is 0 Å². The summed E-state index contributed by atoms with van der Waals surface area (Å²) in [6, 6.07) is 10.6. The number of nitrogens with zero attached hydrogens (tertiary/aromatic N) is 1. The van der Waals surface area contributed by atoms with Gasteiger partial charge in [-0.05, 0) is 67.4 Å². The Kier molecular flexibility index (Phi) is 6.85.